The van der Waals surface area contributed by atoms with E-state index in [4.69, 9.17) is 0 Å². The van der Waals surface area contributed by atoms with Gasteiger partial charge in [0.25, 0.3) is 0 Å². The number of fused-ring (bicyclic) bond motifs is 13. The van der Waals surface area contributed by atoms with E-state index in [1.807, 2.05) is 0 Å². The molecule has 0 heterocycles. The predicted octanol–water partition coefficient (Wildman–Crippen LogP) is 16.8. The van der Waals surface area contributed by atoms with Gasteiger partial charge in [-0.25, -0.2) is 0 Å². The van der Waals surface area contributed by atoms with Gasteiger partial charge in [0, 0.05) is 16.8 Å². The molecule has 0 fully saturated rings. The van der Waals surface area contributed by atoms with Gasteiger partial charge in [0.1, 0.15) is 0 Å². The zero-order valence-electron chi connectivity index (χ0n) is 35.1. The van der Waals surface area contributed by atoms with Gasteiger partial charge in [0.05, 0.1) is 16.8 Å². The van der Waals surface area contributed by atoms with Crippen molar-refractivity contribution in [3.05, 3.63) is 271 Å². The molecule has 0 atom stereocenters. The number of para-hydroxylation sites is 1. The van der Waals surface area contributed by atoms with Crippen LogP contribution in [-0.4, -0.2) is 0 Å². The van der Waals surface area contributed by atoms with Crippen molar-refractivity contribution in [2.75, 3.05) is 4.90 Å². The van der Waals surface area contributed by atoms with Crippen LogP contribution in [0.15, 0.2) is 249 Å². The zero-order chi connectivity index (χ0) is 42.2. The number of hydrogen-bond acceptors (Lipinski definition) is 1. The van der Waals surface area contributed by atoms with E-state index in [9.17, 15) is 0 Å². The van der Waals surface area contributed by atoms with E-state index >= 15 is 0 Å². The van der Waals surface area contributed by atoms with E-state index in [0.717, 1.165) is 22.6 Å². The van der Waals surface area contributed by atoms with Gasteiger partial charge >= 0.3 is 0 Å². The zero-order valence-corrected chi connectivity index (χ0v) is 35.1. The van der Waals surface area contributed by atoms with E-state index < -0.39 is 5.41 Å². The smallest absolute Gasteiger partial charge is 0.0726 e. The third kappa shape index (κ3) is 5.25. The number of anilines is 3. The molecule has 0 aromatic heterocycles. The van der Waals surface area contributed by atoms with E-state index in [2.05, 4.69) is 254 Å². The molecule has 2 aliphatic carbocycles. The van der Waals surface area contributed by atoms with Crippen molar-refractivity contribution in [1.29, 1.82) is 0 Å². The third-order valence-corrected chi connectivity index (χ3v) is 13.9. The molecule has 0 amide bonds. The van der Waals surface area contributed by atoms with Crippen LogP contribution in [0, 0.1) is 0 Å². The lowest BCUT2D eigenvalue weighted by atomic mass is 9.70. The van der Waals surface area contributed by atoms with Crippen molar-refractivity contribution >= 4 is 38.6 Å². The second-order valence-corrected chi connectivity index (χ2v) is 17.1. The van der Waals surface area contributed by atoms with Crippen LogP contribution in [0.5, 0.6) is 0 Å². The molecule has 0 saturated carbocycles. The summed E-state index contributed by atoms with van der Waals surface area (Å²) in [7, 11) is 0. The summed E-state index contributed by atoms with van der Waals surface area (Å²) >= 11 is 0. The number of nitrogens with zero attached hydrogens (tertiary/aromatic N) is 1. The predicted molar refractivity (Wildman–Crippen MR) is 269 cm³/mol. The summed E-state index contributed by atoms with van der Waals surface area (Å²) in [5.41, 5.74) is 20.6. The maximum Gasteiger partial charge on any atom is 0.0726 e. The maximum atomic E-state index is 2.55. The summed E-state index contributed by atoms with van der Waals surface area (Å²) in [6, 6.07) is 92.2. The minimum Gasteiger partial charge on any atom is -0.309 e. The maximum absolute atomic E-state index is 2.55. The molecule has 1 nitrogen and oxygen atoms in total. The van der Waals surface area contributed by atoms with E-state index in [1.54, 1.807) is 0 Å². The molecule has 298 valence electrons. The molecule has 13 rings (SSSR count). The Hall–Kier alpha value is -8.26. The van der Waals surface area contributed by atoms with E-state index in [1.165, 1.54) is 93.9 Å². The molecule has 0 radical (unpaired) electrons. The molecule has 2 aliphatic rings. The highest BCUT2D eigenvalue weighted by molar-refractivity contribution is 6.10. The van der Waals surface area contributed by atoms with Crippen LogP contribution < -0.4 is 4.90 Å². The van der Waals surface area contributed by atoms with Crippen LogP contribution in [-0.2, 0) is 5.41 Å². The lowest BCUT2D eigenvalue weighted by Gasteiger charge is -2.32. The topological polar surface area (TPSA) is 3.24 Å². The molecule has 11 aromatic rings. The molecule has 0 bridgehead atoms. The summed E-state index contributed by atoms with van der Waals surface area (Å²) in [6.07, 6.45) is 0. The summed E-state index contributed by atoms with van der Waals surface area (Å²) in [6.45, 7) is 0. The first-order chi connectivity index (χ1) is 31.8. The van der Waals surface area contributed by atoms with Crippen LogP contribution >= 0.6 is 0 Å². The van der Waals surface area contributed by atoms with Gasteiger partial charge in [0.15, 0.2) is 0 Å². The molecule has 0 unspecified atom stereocenters. The van der Waals surface area contributed by atoms with Gasteiger partial charge in [-0.3, -0.25) is 0 Å². The fraction of sp³-hybridized carbons (Fsp3) is 0.0159. The number of hydrogen-bond donors (Lipinski definition) is 0. The molecule has 1 spiro atoms. The third-order valence-electron chi connectivity index (χ3n) is 13.9. The van der Waals surface area contributed by atoms with Crippen LogP contribution in [0.3, 0.4) is 0 Å². The fourth-order valence-electron chi connectivity index (χ4n) is 11.3. The molecule has 0 N–H and O–H groups in total. The first-order valence-electron chi connectivity index (χ1n) is 22.3. The lowest BCUT2D eigenvalue weighted by Crippen LogP contribution is -2.26. The molecular formula is C63H41N. The molecule has 0 saturated heterocycles. The number of benzene rings is 11. The quantitative estimate of drug-likeness (QED) is 0.151. The van der Waals surface area contributed by atoms with Crippen LogP contribution in [0.4, 0.5) is 17.1 Å². The van der Waals surface area contributed by atoms with Crippen molar-refractivity contribution in [2.24, 2.45) is 0 Å². The molecular weight excluding hydrogens is 771 g/mol. The minimum atomic E-state index is -0.462. The van der Waals surface area contributed by atoms with Crippen LogP contribution in [0.1, 0.15) is 22.3 Å². The normalized spacial score (nSPS) is 12.8. The number of rotatable bonds is 6. The van der Waals surface area contributed by atoms with E-state index in [0.29, 0.717) is 0 Å². The Kier molecular flexibility index (Phi) is 8.20. The molecule has 1 heteroatoms. The molecule has 0 aliphatic heterocycles. The second kappa shape index (κ2) is 14.4. The fourth-order valence-corrected chi connectivity index (χ4v) is 11.3. The Morgan fingerprint density at radius 3 is 1.45 bits per heavy atom. The SMILES string of the molecule is c1ccc(-c2ccccc2-c2ccccc2-c2ccccc2N(c2ccc3c(ccc4ccccc43)c2)c2cccc3c2-c2ccccc2C32c3ccccc3-c3ccccc32)cc1. The van der Waals surface area contributed by atoms with Gasteiger partial charge < -0.3 is 4.90 Å². The van der Waals surface area contributed by atoms with Crippen LogP contribution in [0.25, 0.3) is 77.2 Å². The molecule has 64 heavy (non-hydrogen) atoms. The highest BCUT2D eigenvalue weighted by atomic mass is 15.1. The minimum absolute atomic E-state index is 0.462. The van der Waals surface area contributed by atoms with Gasteiger partial charge in [-0.2, -0.15) is 0 Å². The van der Waals surface area contributed by atoms with Crippen molar-refractivity contribution in [1.82, 2.24) is 0 Å². The van der Waals surface area contributed by atoms with Crippen molar-refractivity contribution in [2.45, 2.75) is 5.41 Å². The van der Waals surface area contributed by atoms with Crippen molar-refractivity contribution < 1.29 is 0 Å². The summed E-state index contributed by atoms with van der Waals surface area (Å²) < 4.78 is 0. The summed E-state index contributed by atoms with van der Waals surface area (Å²) in [5, 5.41) is 4.97. The molecule has 11 aromatic carbocycles. The Balaban J connectivity index is 1.10. The Morgan fingerprint density at radius 1 is 0.266 bits per heavy atom. The van der Waals surface area contributed by atoms with Gasteiger partial charge in [0.2, 0.25) is 0 Å². The highest BCUT2D eigenvalue weighted by Gasteiger charge is 2.52. The van der Waals surface area contributed by atoms with Gasteiger partial charge in [-0.1, -0.05) is 224 Å². The standard InChI is InChI=1S/C63H41N/c1-2-19-42(20-3-1)47-23-6-7-24-49(47)50-25-8-9-26-51(50)54-29-13-17-35-60(54)64(45-39-40-48-44(41-45)38-37-43-21-4-5-22-46(43)48)61-36-18-34-59-62(61)55-30-12-16-33-58(55)63(59)56-31-14-10-27-52(56)53-28-11-15-32-57(53)63/h1-41H. The van der Waals surface area contributed by atoms with Gasteiger partial charge in [-0.15, -0.1) is 0 Å². The first kappa shape index (κ1) is 36.4. The Morgan fingerprint density at radius 2 is 0.734 bits per heavy atom. The van der Waals surface area contributed by atoms with E-state index in [-0.39, 0.29) is 0 Å². The van der Waals surface area contributed by atoms with Crippen LogP contribution in [0.2, 0.25) is 0 Å². The average Bonchev–Trinajstić information content (AvgIpc) is 3.85. The van der Waals surface area contributed by atoms with Crippen molar-refractivity contribution in [3.8, 4) is 55.6 Å². The van der Waals surface area contributed by atoms with Crippen molar-refractivity contribution in [3.63, 3.8) is 0 Å². The monoisotopic (exact) mass is 811 g/mol. The Labute approximate surface area is 373 Å². The second-order valence-electron chi connectivity index (χ2n) is 17.1. The summed E-state index contributed by atoms with van der Waals surface area (Å²) in [5.74, 6) is 0. The lowest BCUT2D eigenvalue weighted by molar-refractivity contribution is 0.794. The summed E-state index contributed by atoms with van der Waals surface area (Å²) in [4.78, 5) is 2.55. The highest BCUT2D eigenvalue weighted by Crippen LogP contribution is 2.65. The largest absolute Gasteiger partial charge is 0.309 e. The van der Waals surface area contributed by atoms with Gasteiger partial charge in [-0.05, 0) is 113 Å². The first-order valence-corrected chi connectivity index (χ1v) is 22.3. The Bertz CT molecular complexity index is 3590. The average molecular weight is 812 g/mol.